The quantitative estimate of drug-likeness (QED) is 0.652. The minimum atomic E-state index is -0.882. The van der Waals surface area contributed by atoms with Crippen molar-refractivity contribution in [3.05, 3.63) is 29.2 Å². The summed E-state index contributed by atoms with van der Waals surface area (Å²) >= 11 is 6.34. The Morgan fingerprint density at radius 1 is 1.45 bits per heavy atom. The van der Waals surface area contributed by atoms with Crippen LogP contribution in [0.4, 0.5) is 0 Å². The van der Waals surface area contributed by atoms with E-state index in [1.807, 2.05) is 0 Å². The summed E-state index contributed by atoms with van der Waals surface area (Å²) < 4.78 is 0.448. The number of carbonyl (C=O) groups excluding carboxylic acids is 1. The molecule has 2 heterocycles. The van der Waals surface area contributed by atoms with E-state index in [1.54, 1.807) is 18.5 Å². The first-order valence-electron chi connectivity index (χ1n) is 5.80. The van der Waals surface area contributed by atoms with Gasteiger partial charge < -0.3 is 5.11 Å². The van der Waals surface area contributed by atoms with Gasteiger partial charge in [0, 0.05) is 30.9 Å². The Balaban J connectivity index is 2.05. The number of amides is 1. The second-order valence-electron chi connectivity index (χ2n) is 4.00. The summed E-state index contributed by atoms with van der Waals surface area (Å²) in [6, 6.07) is 0. The number of hydrogen-bond acceptors (Lipinski definition) is 6. The van der Waals surface area contributed by atoms with Crippen LogP contribution in [0, 0.1) is 0 Å². The summed E-state index contributed by atoms with van der Waals surface area (Å²) in [6.07, 6.45) is 6.69. The normalized spacial score (nSPS) is 17.0. The molecule has 0 unspecified atom stereocenters. The molecule has 1 aromatic rings. The van der Waals surface area contributed by atoms with Crippen LogP contribution in [0.2, 0.25) is 0 Å². The first-order chi connectivity index (χ1) is 9.58. The average molecular weight is 309 g/mol. The lowest BCUT2D eigenvalue weighted by Gasteiger charge is -2.13. The molecule has 0 aromatic carbocycles. The largest absolute Gasteiger partial charge is 0.481 e. The van der Waals surface area contributed by atoms with E-state index >= 15 is 0 Å². The van der Waals surface area contributed by atoms with Crippen molar-refractivity contribution in [2.45, 2.75) is 12.8 Å². The fraction of sp³-hybridized carbons (Fsp3) is 0.250. The molecule has 1 aliphatic rings. The zero-order valence-corrected chi connectivity index (χ0v) is 12.0. The SMILES string of the molecule is O=C(O)CCCN1C(=O)C(=Cc2cncnc2)SC1=S. The van der Waals surface area contributed by atoms with Gasteiger partial charge in [-0.1, -0.05) is 24.0 Å². The third-order valence-electron chi connectivity index (χ3n) is 2.52. The van der Waals surface area contributed by atoms with Crippen molar-refractivity contribution in [2.75, 3.05) is 6.54 Å². The first kappa shape index (κ1) is 14.6. The molecule has 0 spiro atoms. The number of hydrogen-bond donors (Lipinski definition) is 1. The number of aliphatic carboxylic acids is 1. The van der Waals surface area contributed by atoms with Crippen molar-refractivity contribution < 1.29 is 14.7 Å². The Hall–Kier alpha value is -1.80. The number of carboxylic acids is 1. The molecule has 0 aliphatic carbocycles. The Morgan fingerprint density at radius 3 is 2.80 bits per heavy atom. The third kappa shape index (κ3) is 3.61. The van der Waals surface area contributed by atoms with Crippen LogP contribution in [0.15, 0.2) is 23.6 Å². The van der Waals surface area contributed by atoms with Gasteiger partial charge in [-0.05, 0) is 12.5 Å². The van der Waals surface area contributed by atoms with Crippen molar-refractivity contribution in [2.24, 2.45) is 0 Å². The zero-order chi connectivity index (χ0) is 14.5. The van der Waals surface area contributed by atoms with E-state index in [9.17, 15) is 9.59 Å². The average Bonchev–Trinajstić information content (AvgIpc) is 2.67. The van der Waals surface area contributed by atoms with Crippen LogP contribution in [0.1, 0.15) is 18.4 Å². The number of nitrogens with zero attached hydrogens (tertiary/aromatic N) is 3. The van der Waals surface area contributed by atoms with Crippen LogP contribution in [0.5, 0.6) is 0 Å². The smallest absolute Gasteiger partial charge is 0.303 e. The molecule has 0 saturated carbocycles. The van der Waals surface area contributed by atoms with Gasteiger partial charge in [-0.25, -0.2) is 9.97 Å². The Labute approximate surface area is 124 Å². The van der Waals surface area contributed by atoms with Crippen LogP contribution < -0.4 is 0 Å². The van der Waals surface area contributed by atoms with E-state index in [0.717, 1.165) is 5.56 Å². The van der Waals surface area contributed by atoms with Gasteiger partial charge in [0.2, 0.25) is 0 Å². The van der Waals surface area contributed by atoms with Crippen molar-refractivity contribution in [1.29, 1.82) is 0 Å². The molecule has 1 saturated heterocycles. The van der Waals surface area contributed by atoms with E-state index in [4.69, 9.17) is 17.3 Å². The van der Waals surface area contributed by atoms with E-state index in [0.29, 0.717) is 22.2 Å². The lowest BCUT2D eigenvalue weighted by atomic mass is 10.2. The second-order valence-corrected chi connectivity index (χ2v) is 5.68. The lowest BCUT2D eigenvalue weighted by molar-refractivity contribution is -0.137. The molecule has 1 fully saturated rings. The molecule has 20 heavy (non-hydrogen) atoms. The molecule has 0 bridgehead atoms. The predicted octanol–water partition coefficient (Wildman–Crippen LogP) is 1.54. The fourth-order valence-electron chi connectivity index (χ4n) is 1.62. The maximum absolute atomic E-state index is 12.2. The van der Waals surface area contributed by atoms with Gasteiger partial charge in [-0.2, -0.15) is 0 Å². The molecule has 6 nitrogen and oxygen atoms in total. The maximum Gasteiger partial charge on any atom is 0.303 e. The van der Waals surface area contributed by atoms with Crippen LogP contribution in [0.25, 0.3) is 6.08 Å². The van der Waals surface area contributed by atoms with Gasteiger partial charge in [-0.15, -0.1) is 0 Å². The monoisotopic (exact) mass is 309 g/mol. The Bertz CT molecular complexity index is 575. The highest BCUT2D eigenvalue weighted by Crippen LogP contribution is 2.32. The predicted molar refractivity (Wildman–Crippen MR) is 78.8 cm³/mol. The third-order valence-corrected chi connectivity index (χ3v) is 3.90. The second kappa shape index (κ2) is 6.58. The molecule has 2 rings (SSSR count). The summed E-state index contributed by atoms with van der Waals surface area (Å²) in [7, 11) is 0. The first-order valence-corrected chi connectivity index (χ1v) is 7.02. The molecule has 1 aromatic heterocycles. The Morgan fingerprint density at radius 2 is 2.15 bits per heavy atom. The number of aromatic nitrogens is 2. The minimum Gasteiger partial charge on any atom is -0.481 e. The van der Waals surface area contributed by atoms with Crippen LogP contribution in [0.3, 0.4) is 0 Å². The van der Waals surface area contributed by atoms with Gasteiger partial charge in [-0.3, -0.25) is 14.5 Å². The van der Waals surface area contributed by atoms with Crippen LogP contribution in [-0.4, -0.2) is 42.7 Å². The summed E-state index contributed by atoms with van der Waals surface area (Å²) in [5, 5.41) is 8.60. The van der Waals surface area contributed by atoms with Gasteiger partial charge in [0.15, 0.2) is 0 Å². The van der Waals surface area contributed by atoms with Gasteiger partial charge in [0.05, 0.1) is 4.91 Å². The van der Waals surface area contributed by atoms with Gasteiger partial charge in [0.1, 0.15) is 10.6 Å². The van der Waals surface area contributed by atoms with E-state index in [-0.39, 0.29) is 12.3 Å². The summed E-state index contributed by atoms with van der Waals surface area (Å²) in [5.41, 5.74) is 0.721. The van der Waals surface area contributed by atoms with Gasteiger partial charge in [0.25, 0.3) is 5.91 Å². The van der Waals surface area contributed by atoms with Crippen LogP contribution in [-0.2, 0) is 9.59 Å². The zero-order valence-electron chi connectivity index (χ0n) is 10.4. The summed E-state index contributed by atoms with van der Waals surface area (Å²) in [6.45, 7) is 0.319. The highest BCUT2D eigenvalue weighted by molar-refractivity contribution is 8.26. The van der Waals surface area contributed by atoms with Gasteiger partial charge >= 0.3 is 5.97 Å². The molecule has 1 amide bonds. The fourth-order valence-corrected chi connectivity index (χ4v) is 2.93. The number of rotatable bonds is 5. The molecule has 0 atom stereocenters. The highest BCUT2D eigenvalue weighted by atomic mass is 32.2. The topological polar surface area (TPSA) is 83.4 Å². The molecule has 0 radical (unpaired) electrons. The minimum absolute atomic E-state index is 0.0165. The summed E-state index contributed by atoms with van der Waals surface area (Å²) in [5.74, 6) is -1.08. The van der Waals surface area contributed by atoms with Crippen LogP contribution >= 0.6 is 24.0 Å². The maximum atomic E-state index is 12.2. The molecule has 1 N–H and O–H groups in total. The van der Waals surface area contributed by atoms with Crippen molar-refractivity contribution in [3.8, 4) is 0 Å². The number of thiocarbonyl (C=S) groups is 1. The molecule has 1 aliphatic heterocycles. The Kier molecular flexibility index (Phi) is 4.80. The lowest BCUT2D eigenvalue weighted by Crippen LogP contribution is -2.29. The number of thioether (sulfide) groups is 1. The standard InChI is InChI=1S/C12H11N3O3S2/c16-10(17)2-1-3-15-11(18)9(20-12(15)19)4-8-5-13-7-14-6-8/h4-7H,1-3H2,(H,16,17). The number of carbonyl (C=O) groups is 2. The molecular weight excluding hydrogens is 298 g/mol. The number of carboxylic acid groups (broad SMARTS) is 1. The van der Waals surface area contributed by atoms with E-state index in [2.05, 4.69) is 9.97 Å². The van der Waals surface area contributed by atoms with Crippen molar-refractivity contribution in [1.82, 2.24) is 14.9 Å². The van der Waals surface area contributed by atoms with E-state index in [1.165, 1.54) is 23.0 Å². The molecule has 8 heteroatoms. The van der Waals surface area contributed by atoms with Crippen molar-refractivity contribution >= 4 is 46.3 Å². The summed E-state index contributed by atoms with van der Waals surface area (Å²) in [4.78, 5) is 32.3. The molecular formula is C12H11N3O3S2. The highest BCUT2D eigenvalue weighted by Gasteiger charge is 2.31. The molecule has 104 valence electrons. The van der Waals surface area contributed by atoms with Crippen molar-refractivity contribution in [3.63, 3.8) is 0 Å². The van der Waals surface area contributed by atoms with E-state index < -0.39 is 5.97 Å².